The van der Waals surface area contributed by atoms with Crippen molar-refractivity contribution in [1.29, 1.82) is 0 Å². The molecular formula is C38H38N8O6. The molecule has 266 valence electrons. The number of rotatable bonds is 8. The van der Waals surface area contributed by atoms with E-state index in [1.54, 1.807) is 46.5 Å². The summed E-state index contributed by atoms with van der Waals surface area (Å²) in [5.74, 6) is 12.3. The van der Waals surface area contributed by atoms with Crippen molar-refractivity contribution in [3.8, 4) is 23.7 Å². The minimum atomic E-state index is -0.909. The molecule has 6 rings (SSSR count). The van der Waals surface area contributed by atoms with Crippen molar-refractivity contribution in [2.45, 2.75) is 49.9 Å². The van der Waals surface area contributed by atoms with Crippen LogP contribution < -0.4 is 10.6 Å². The number of carbonyl (C=O) groups is 4. The van der Waals surface area contributed by atoms with Crippen LogP contribution in [-0.2, 0) is 19.1 Å². The summed E-state index contributed by atoms with van der Waals surface area (Å²) in [6.45, 7) is 1.03. The number of hydrogen-bond acceptors (Lipinski definition) is 8. The Morgan fingerprint density at radius 2 is 1.10 bits per heavy atom. The number of nitrogens with zero attached hydrogens (tertiary/aromatic N) is 4. The van der Waals surface area contributed by atoms with Crippen LogP contribution in [-0.4, -0.2) is 81.0 Å². The molecule has 0 aliphatic carbocycles. The Morgan fingerprint density at radius 1 is 0.692 bits per heavy atom. The molecule has 2 aromatic heterocycles. The molecule has 2 aliphatic heterocycles. The highest BCUT2D eigenvalue weighted by atomic mass is 16.5. The van der Waals surface area contributed by atoms with Gasteiger partial charge in [-0.15, -0.1) is 0 Å². The lowest BCUT2D eigenvalue weighted by atomic mass is 10.1. The van der Waals surface area contributed by atoms with E-state index in [4.69, 9.17) is 9.47 Å². The third-order valence-corrected chi connectivity index (χ3v) is 9.01. The molecule has 4 heterocycles. The first-order chi connectivity index (χ1) is 25.4. The van der Waals surface area contributed by atoms with Crippen LogP contribution in [0.2, 0.25) is 0 Å². The van der Waals surface area contributed by atoms with Crippen molar-refractivity contribution < 1.29 is 28.7 Å². The molecule has 2 aromatic carbocycles. The second kappa shape index (κ2) is 16.4. The van der Waals surface area contributed by atoms with Gasteiger partial charge in [-0.25, -0.2) is 19.6 Å². The van der Waals surface area contributed by atoms with Crippen molar-refractivity contribution in [2.24, 2.45) is 0 Å². The third-order valence-electron chi connectivity index (χ3n) is 9.01. The van der Waals surface area contributed by atoms with Crippen LogP contribution in [0.3, 0.4) is 0 Å². The number of hydrogen-bond donors (Lipinski definition) is 4. The van der Waals surface area contributed by atoms with Crippen molar-refractivity contribution in [2.75, 3.05) is 27.3 Å². The topological polar surface area (TPSA) is 175 Å². The monoisotopic (exact) mass is 702 g/mol. The number of amides is 4. The fraction of sp³-hybridized carbons (Fsp3) is 0.316. The molecule has 0 radical (unpaired) electrons. The Hall–Kier alpha value is -6.54. The van der Waals surface area contributed by atoms with Gasteiger partial charge >= 0.3 is 12.2 Å². The molecule has 14 heteroatoms. The summed E-state index contributed by atoms with van der Waals surface area (Å²) >= 11 is 0. The van der Waals surface area contributed by atoms with E-state index in [0.29, 0.717) is 60.1 Å². The van der Waals surface area contributed by atoms with E-state index in [9.17, 15) is 19.2 Å². The van der Waals surface area contributed by atoms with Crippen LogP contribution in [0.4, 0.5) is 9.59 Å². The molecule has 0 spiro atoms. The third kappa shape index (κ3) is 8.08. The summed E-state index contributed by atoms with van der Waals surface area (Å²) in [5.41, 5.74) is 2.37. The fourth-order valence-corrected chi connectivity index (χ4v) is 6.52. The molecule has 4 atom stereocenters. The zero-order valence-electron chi connectivity index (χ0n) is 28.7. The number of benzene rings is 2. The standard InChI is InChI=1S/C38H38N8O6/c1-51-37(49)43-31(25-13-5-3-6-14-25)35(47)45-21-11-19-29(45)33-39-23-27(41-33)17-9-10-18-28-24-40-34(42-28)30-20-12-22-46(30)36(48)32(44-38(50)52-2)26-15-7-4-8-16-26/h3-8,13-16,23-24,29-32H,11-12,19-22H2,1-2H3,(H,39,41)(H,40,42)(H,43,49)(H,44,50). The maximum Gasteiger partial charge on any atom is 0.407 e. The van der Waals surface area contributed by atoms with Crippen LogP contribution >= 0.6 is 0 Å². The van der Waals surface area contributed by atoms with Gasteiger partial charge in [0, 0.05) is 13.1 Å². The van der Waals surface area contributed by atoms with Crippen LogP contribution in [0, 0.1) is 23.7 Å². The number of nitrogens with one attached hydrogen (secondary N) is 4. The van der Waals surface area contributed by atoms with Crippen LogP contribution in [0.25, 0.3) is 0 Å². The molecular weight excluding hydrogens is 664 g/mol. The molecule has 2 aliphatic rings. The number of likely N-dealkylation sites (tertiary alicyclic amines) is 2. The summed E-state index contributed by atoms with van der Waals surface area (Å²) in [4.78, 5) is 70.5. The predicted octanol–water partition coefficient (Wildman–Crippen LogP) is 4.06. The van der Waals surface area contributed by atoms with E-state index in [1.165, 1.54) is 14.2 Å². The van der Waals surface area contributed by atoms with Gasteiger partial charge in [-0.1, -0.05) is 60.7 Å². The molecule has 0 saturated carbocycles. The molecule has 4 N–H and O–H groups in total. The van der Waals surface area contributed by atoms with Gasteiger partial charge in [0.15, 0.2) is 0 Å². The first kappa shape index (κ1) is 35.3. The highest BCUT2D eigenvalue weighted by molar-refractivity contribution is 5.88. The van der Waals surface area contributed by atoms with Gasteiger partial charge in [-0.2, -0.15) is 0 Å². The van der Waals surface area contributed by atoms with Crippen molar-refractivity contribution >= 4 is 24.0 Å². The lowest BCUT2D eigenvalue weighted by Crippen LogP contribution is -2.42. The average Bonchev–Trinajstić information content (AvgIpc) is 4.02. The van der Waals surface area contributed by atoms with E-state index in [1.807, 2.05) is 36.4 Å². The largest absolute Gasteiger partial charge is 0.453 e. The van der Waals surface area contributed by atoms with Crippen LogP contribution in [0.1, 0.15) is 84.0 Å². The predicted molar refractivity (Wildman–Crippen MR) is 188 cm³/mol. The lowest BCUT2D eigenvalue weighted by molar-refractivity contribution is -0.135. The maximum absolute atomic E-state index is 13.7. The molecule has 52 heavy (non-hydrogen) atoms. The second-order valence-corrected chi connectivity index (χ2v) is 12.2. The first-order valence-corrected chi connectivity index (χ1v) is 16.9. The van der Waals surface area contributed by atoms with Crippen LogP contribution in [0.5, 0.6) is 0 Å². The normalized spacial score (nSPS) is 17.5. The minimum absolute atomic E-state index is 0.258. The Balaban J connectivity index is 1.11. The number of methoxy groups -OCH3 is 2. The van der Waals surface area contributed by atoms with Gasteiger partial charge in [-0.3, -0.25) is 9.59 Å². The molecule has 2 saturated heterocycles. The smallest absolute Gasteiger partial charge is 0.407 e. The van der Waals surface area contributed by atoms with Gasteiger partial charge in [0.05, 0.1) is 38.7 Å². The number of aromatic amines is 2. The molecule has 2 fully saturated rings. The fourth-order valence-electron chi connectivity index (χ4n) is 6.52. The quantitative estimate of drug-likeness (QED) is 0.199. The number of aromatic nitrogens is 4. The van der Waals surface area contributed by atoms with Gasteiger partial charge < -0.3 is 39.9 Å². The summed E-state index contributed by atoms with van der Waals surface area (Å²) in [5, 5.41) is 5.33. The number of carbonyl (C=O) groups excluding carboxylic acids is 4. The van der Waals surface area contributed by atoms with Crippen LogP contribution in [0.15, 0.2) is 73.1 Å². The van der Waals surface area contributed by atoms with Crippen molar-refractivity contribution in [3.05, 3.63) is 107 Å². The second-order valence-electron chi connectivity index (χ2n) is 12.2. The molecule has 14 nitrogen and oxygen atoms in total. The molecule has 4 aromatic rings. The van der Waals surface area contributed by atoms with Crippen molar-refractivity contribution in [1.82, 2.24) is 40.4 Å². The molecule has 4 amide bonds. The first-order valence-electron chi connectivity index (χ1n) is 16.9. The van der Waals surface area contributed by atoms with E-state index in [0.717, 1.165) is 12.8 Å². The summed E-state index contributed by atoms with van der Waals surface area (Å²) in [6.07, 6.45) is 4.77. The van der Waals surface area contributed by atoms with E-state index in [2.05, 4.69) is 54.3 Å². The highest BCUT2D eigenvalue weighted by Crippen LogP contribution is 2.34. The number of ether oxygens (including phenoxy) is 2. The Kier molecular flexibility index (Phi) is 11.2. The SMILES string of the molecule is COC(=O)NC(C(=O)N1CCCC1c1ncc(C#CC#Cc2cnc(C3CCCN3C(=O)C(NC(=O)OC)c3ccccc3)[nH]2)[nH]1)c1ccccc1. The number of alkyl carbamates (subject to hydrolysis) is 2. The van der Waals surface area contributed by atoms with E-state index in [-0.39, 0.29) is 23.9 Å². The minimum Gasteiger partial charge on any atom is -0.453 e. The highest BCUT2D eigenvalue weighted by Gasteiger charge is 2.38. The summed E-state index contributed by atoms with van der Waals surface area (Å²) < 4.78 is 9.55. The van der Waals surface area contributed by atoms with Gasteiger partial charge in [0.25, 0.3) is 11.8 Å². The maximum atomic E-state index is 13.7. The summed E-state index contributed by atoms with van der Waals surface area (Å²) in [6, 6.07) is 15.6. The Bertz CT molecular complexity index is 1880. The van der Waals surface area contributed by atoms with Gasteiger partial charge in [0.2, 0.25) is 0 Å². The zero-order valence-corrected chi connectivity index (χ0v) is 28.7. The molecule has 4 unspecified atom stereocenters. The average molecular weight is 703 g/mol. The lowest BCUT2D eigenvalue weighted by Gasteiger charge is -2.28. The van der Waals surface area contributed by atoms with Crippen molar-refractivity contribution in [3.63, 3.8) is 0 Å². The summed E-state index contributed by atoms with van der Waals surface area (Å²) in [7, 11) is 2.51. The van der Waals surface area contributed by atoms with Gasteiger partial charge in [0.1, 0.15) is 35.1 Å². The number of imidazole rings is 2. The van der Waals surface area contributed by atoms with Gasteiger partial charge in [-0.05, 0) is 60.5 Å². The van der Waals surface area contributed by atoms with E-state index >= 15 is 0 Å². The zero-order chi connectivity index (χ0) is 36.5. The number of H-pyrrole nitrogens is 2. The Morgan fingerprint density at radius 3 is 1.48 bits per heavy atom. The van der Waals surface area contributed by atoms with E-state index < -0.39 is 24.3 Å². The Labute approximate surface area is 300 Å². The molecule has 0 bridgehead atoms.